The first kappa shape index (κ1) is 13.7. The molecule has 0 saturated heterocycles. The minimum absolute atomic E-state index is 0.0288. The van der Waals surface area contributed by atoms with Gasteiger partial charge in [-0.05, 0) is 29.7 Å². The molecule has 0 heterocycles. The second kappa shape index (κ2) is 4.91. The van der Waals surface area contributed by atoms with E-state index in [-0.39, 0.29) is 11.5 Å². The van der Waals surface area contributed by atoms with Crippen LogP contribution in [0.4, 0.5) is 13.2 Å². The van der Waals surface area contributed by atoms with Gasteiger partial charge in [0.2, 0.25) is 0 Å². The maximum atomic E-state index is 12.4. The SMILES string of the molecule is O=C1CCc2ccc(-c3ccccc3OC(F)(F)F)cc21. The van der Waals surface area contributed by atoms with E-state index >= 15 is 0 Å². The predicted molar refractivity (Wildman–Crippen MR) is 71.2 cm³/mol. The molecule has 2 aromatic carbocycles. The van der Waals surface area contributed by atoms with Crippen molar-refractivity contribution in [2.75, 3.05) is 0 Å². The van der Waals surface area contributed by atoms with Crippen molar-refractivity contribution in [3.63, 3.8) is 0 Å². The number of benzene rings is 2. The van der Waals surface area contributed by atoms with E-state index in [0.717, 1.165) is 5.56 Å². The summed E-state index contributed by atoms with van der Waals surface area (Å²) in [7, 11) is 0. The molecule has 0 bridgehead atoms. The van der Waals surface area contributed by atoms with Crippen LogP contribution >= 0.6 is 0 Å². The van der Waals surface area contributed by atoms with Gasteiger partial charge in [-0.15, -0.1) is 13.2 Å². The summed E-state index contributed by atoms with van der Waals surface area (Å²) in [5.74, 6) is -0.239. The zero-order valence-electron chi connectivity index (χ0n) is 10.9. The topological polar surface area (TPSA) is 26.3 Å². The lowest BCUT2D eigenvalue weighted by atomic mass is 9.99. The molecule has 0 N–H and O–H groups in total. The minimum atomic E-state index is -4.75. The van der Waals surface area contributed by atoms with Gasteiger partial charge < -0.3 is 4.74 Å². The fraction of sp³-hybridized carbons (Fsp3) is 0.188. The third-order valence-electron chi connectivity index (χ3n) is 3.46. The Balaban J connectivity index is 2.05. The van der Waals surface area contributed by atoms with E-state index in [0.29, 0.717) is 29.5 Å². The zero-order chi connectivity index (χ0) is 15.0. The molecule has 3 rings (SSSR count). The summed E-state index contributed by atoms with van der Waals surface area (Å²) in [5, 5.41) is 0. The number of aryl methyl sites for hydroxylation is 1. The Morgan fingerprint density at radius 2 is 1.71 bits per heavy atom. The number of carbonyl (C=O) groups excluding carboxylic acids is 1. The number of Topliss-reactive ketones (excluding diaryl/α,β-unsaturated/α-hetero) is 1. The summed E-state index contributed by atoms with van der Waals surface area (Å²) in [6.07, 6.45) is -3.60. The van der Waals surface area contributed by atoms with Crippen LogP contribution in [0, 0.1) is 0 Å². The van der Waals surface area contributed by atoms with Crippen molar-refractivity contribution in [1.29, 1.82) is 0 Å². The molecule has 2 aromatic rings. The summed E-state index contributed by atoms with van der Waals surface area (Å²) in [5.41, 5.74) is 2.40. The van der Waals surface area contributed by atoms with Gasteiger partial charge in [0.05, 0.1) is 0 Å². The molecule has 2 nitrogen and oxygen atoms in total. The molecule has 0 spiro atoms. The van der Waals surface area contributed by atoms with Crippen molar-refractivity contribution in [2.24, 2.45) is 0 Å². The number of halogens is 3. The number of para-hydroxylation sites is 1. The third kappa shape index (κ3) is 2.77. The van der Waals surface area contributed by atoms with Crippen LogP contribution < -0.4 is 4.74 Å². The first-order chi connectivity index (χ1) is 9.94. The molecule has 0 atom stereocenters. The lowest BCUT2D eigenvalue weighted by Gasteiger charge is -2.13. The molecule has 1 aliphatic rings. The summed E-state index contributed by atoms with van der Waals surface area (Å²) in [4.78, 5) is 11.8. The molecule has 0 fully saturated rings. The summed E-state index contributed by atoms with van der Waals surface area (Å²) >= 11 is 0. The average Bonchev–Trinajstić information content (AvgIpc) is 2.79. The Morgan fingerprint density at radius 3 is 2.48 bits per heavy atom. The van der Waals surface area contributed by atoms with Gasteiger partial charge in [0.25, 0.3) is 0 Å². The molecule has 0 aliphatic heterocycles. The third-order valence-corrected chi connectivity index (χ3v) is 3.46. The Labute approximate surface area is 119 Å². The fourth-order valence-electron chi connectivity index (χ4n) is 2.52. The van der Waals surface area contributed by atoms with Gasteiger partial charge >= 0.3 is 6.36 Å². The lowest BCUT2D eigenvalue weighted by molar-refractivity contribution is -0.274. The number of hydrogen-bond acceptors (Lipinski definition) is 2. The van der Waals surface area contributed by atoms with Gasteiger partial charge in [-0.2, -0.15) is 0 Å². The minimum Gasteiger partial charge on any atom is -0.405 e. The van der Waals surface area contributed by atoms with Crippen molar-refractivity contribution in [3.8, 4) is 16.9 Å². The Morgan fingerprint density at radius 1 is 0.952 bits per heavy atom. The fourth-order valence-corrected chi connectivity index (χ4v) is 2.52. The second-order valence-corrected chi connectivity index (χ2v) is 4.84. The molecule has 0 aromatic heterocycles. The molecular formula is C16H11F3O2. The standard InChI is InChI=1S/C16H11F3O2/c17-16(18,19)21-15-4-2-1-3-12(15)11-6-5-10-7-8-14(20)13(10)9-11/h1-6,9H,7-8H2. The Hall–Kier alpha value is -2.30. The molecule has 108 valence electrons. The number of hydrogen-bond donors (Lipinski definition) is 0. The smallest absolute Gasteiger partial charge is 0.405 e. The van der Waals surface area contributed by atoms with E-state index < -0.39 is 6.36 Å². The predicted octanol–water partition coefficient (Wildman–Crippen LogP) is 4.38. The van der Waals surface area contributed by atoms with Crippen LogP contribution in [0.3, 0.4) is 0 Å². The quantitative estimate of drug-likeness (QED) is 0.821. The molecule has 0 amide bonds. The van der Waals surface area contributed by atoms with Crippen LogP contribution in [0.1, 0.15) is 22.3 Å². The van der Waals surface area contributed by atoms with E-state index in [2.05, 4.69) is 4.74 Å². The van der Waals surface area contributed by atoms with Gasteiger partial charge in [0.15, 0.2) is 5.78 Å². The van der Waals surface area contributed by atoms with E-state index in [1.165, 1.54) is 12.1 Å². The van der Waals surface area contributed by atoms with Crippen molar-refractivity contribution >= 4 is 5.78 Å². The Kier molecular flexibility index (Phi) is 3.20. The van der Waals surface area contributed by atoms with Crippen LogP contribution in [0.2, 0.25) is 0 Å². The van der Waals surface area contributed by atoms with Crippen molar-refractivity contribution < 1.29 is 22.7 Å². The van der Waals surface area contributed by atoms with Gasteiger partial charge in [0.1, 0.15) is 5.75 Å². The van der Waals surface area contributed by atoms with Crippen LogP contribution in [0.25, 0.3) is 11.1 Å². The Bertz CT molecular complexity index is 705. The monoisotopic (exact) mass is 292 g/mol. The molecule has 21 heavy (non-hydrogen) atoms. The summed E-state index contributed by atoms with van der Waals surface area (Å²) < 4.78 is 41.4. The molecule has 0 unspecified atom stereocenters. The maximum Gasteiger partial charge on any atom is 0.573 e. The molecule has 1 aliphatic carbocycles. The molecule has 0 saturated carbocycles. The van der Waals surface area contributed by atoms with Crippen LogP contribution in [0.5, 0.6) is 5.75 Å². The van der Waals surface area contributed by atoms with E-state index in [1.54, 1.807) is 30.3 Å². The van der Waals surface area contributed by atoms with E-state index in [4.69, 9.17) is 0 Å². The largest absolute Gasteiger partial charge is 0.573 e. The normalized spacial score (nSPS) is 14.1. The molecular weight excluding hydrogens is 281 g/mol. The average molecular weight is 292 g/mol. The van der Waals surface area contributed by atoms with Crippen molar-refractivity contribution in [3.05, 3.63) is 53.6 Å². The highest BCUT2D eigenvalue weighted by Gasteiger charge is 2.32. The van der Waals surface area contributed by atoms with Crippen LogP contribution in [-0.2, 0) is 6.42 Å². The first-order valence-electron chi connectivity index (χ1n) is 6.45. The highest BCUT2D eigenvalue weighted by molar-refractivity contribution is 6.01. The highest BCUT2D eigenvalue weighted by Crippen LogP contribution is 2.35. The number of fused-ring (bicyclic) bond motifs is 1. The lowest BCUT2D eigenvalue weighted by Crippen LogP contribution is -2.17. The van der Waals surface area contributed by atoms with Gasteiger partial charge in [0, 0.05) is 17.5 Å². The molecule has 0 radical (unpaired) electrons. The number of carbonyl (C=O) groups is 1. The molecule has 5 heteroatoms. The zero-order valence-corrected chi connectivity index (χ0v) is 10.9. The number of ether oxygens (including phenoxy) is 1. The summed E-state index contributed by atoms with van der Waals surface area (Å²) in [6.45, 7) is 0. The van der Waals surface area contributed by atoms with Gasteiger partial charge in [-0.1, -0.05) is 30.3 Å². The number of alkyl halides is 3. The van der Waals surface area contributed by atoms with Gasteiger partial charge in [-0.25, -0.2) is 0 Å². The second-order valence-electron chi connectivity index (χ2n) is 4.84. The first-order valence-corrected chi connectivity index (χ1v) is 6.45. The van der Waals surface area contributed by atoms with Crippen LogP contribution in [0.15, 0.2) is 42.5 Å². The van der Waals surface area contributed by atoms with E-state index in [1.807, 2.05) is 0 Å². The number of rotatable bonds is 2. The van der Waals surface area contributed by atoms with Crippen LogP contribution in [-0.4, -0.2) is 12.1 Å². The van der Waals surface area contributed by atoms with Crippen molar-refractivity contribution in [1.82, 2.24) is 0 Å². The van der Waals surface area contributed by atoms with Gasteiger partial charge in [-0.3, -0.25) is 4.79 Å². The maximum absolute atomic E-state index is 12.4. The highest BCUT2D eigenvalue weighted by atomic mass is 19.4. The van der Waals surface area contributed by atoms with Crippen molar-refractivity contribution in [2.45, 2.75) is 19.2 Å². The number of ketones is 1. The summed E-state index contributed by atoms with van der Waals surface area (Å²) in [6, 6.07) is 11.1. The van der Waals surface area contributed by atoms with E-state index in [9.17, 15) is 18.0 Å².